The summed E-state index contributed by atoms with van der Waals surface area (Å²) >= 11 is 0. The van der Waals surface area contributed by atoms with Crippen LogP contribution in [0.3, 0.4) is 0 Å². The molecule has 0 aliphatic heterocycles. The van der Waals surface area contributed by atoms with Gasteiger partial charge in [-0.05, 0) is 73.6 Å². The fourth-order valence-corrected chi connectivity index (χ4v) is 5.92. The Bertz CT molecular complexity index is 1110. The van der Waals surface area contributed by atoms with Crippen LogP contribution < -0.4 is 16.6 Å². The van der Waals surface area contributed by atoms with Crippen LogP contribution in [-0.4, -0.2) is 17.7 Å². The molecule has 2 aromatic rings. The van der Waals surface area contributed by atoms with Crippen LogP contribution in [0.1, 0.15) is 58.4 Å². The molecule has 2 aliphatic rings. The maximum absolute atomic E-state index is 14.1. The lowest BCUT2D eigenvalue weighted by Gasteiger charge is -2.31. The van der Waals surface area contributed by atoms with E-state index in [0.29, 0.717) is 36.0 Å². The van der Waals surface area contributed by atoms with Crippen molar-refractivity contribution in [1.82, 2.24) is 10.4 Å². The number of nitrogens with one attached hydrogen (secondary N) is 2. The van der Waals surface area contributed by atoms with Crippen molar-refractivity contribution in [3.8, 4) is 0 Å². The summed E-state index contributed by atoms with van der Waals surface area (Å²) in [5.74, 6) is 7.19. The van der Waals surface area contributed by atoms with Gasteiger partial charge in [-0.2, -0.15) is 5.12 Å². The molecule has 4 N–H and O–H groups in total. The summed E-state index contributed by atoms with van der Waals surface area (Å²) in [5.41, 5.74) is 9.23. The van der Waals surface area contributed by atoms with Gasteiger partial charge in [0.05, 0.1) is 11.7 Å². The van der Waals surface area contributed by atoms with Crippen molar-refractivity contribution in [2.45, 2.75) is 65.3 Å². The zero-order valence-electron chi connectivity index (χ0n) is 22.6. The highest BCUT2D eigenvalue weighted by Crippen LogP contribution is 2.39. The second-order valence-electron chi connectivity index (χ2n) is 10.8. The number of nitrogens with two attached hydrogens (primary N) is 1. The van der Waals surface area contributed by atoms with Crippen molar-refractivity contribution in [2.75, 3.05) is 12.0 Å². The first-order valence-corrected chi connectivity index (χ1v) is 13.9. The van der Waals surface area contributed by atoms with Crippen molar-refractivity contribution in [3.05, 3.63) is 101 Å². The van der Waals surface area contributed by atoms with Gasteiger partial charge in [0.2, 0.25) is 0 Å². The molecule has 4 unspecified atom stereocenters. The van der Waals surface area contributed by atoms with Crippen LogP contribution in [0.15, 0.2) is 89.7 Å². The summed E-state index contributed by atoms with van der Waals surface area (Å²) in [6.07, 6.45) is 13.6. The third kappa shape index (κ3) is 7.33. The Morgan fingerprint density at radius 1 is 1.16 bits per heavy atom. The van der Waals surface area contributed by atoms with Crippen molar-refractivity contribution < 1.29 is 4.39 Å². The lowest BCUT2D eigenvalue weighted by Crippen LogP contribution is -2.41. The van der Waals surface area contributed by atoms with Gasteiger partial charge in [-0.3, -0.25) is 5.84 Å². The molecule has 198 valence electrons. The molecule has 0 spiro atoms. The Kier molecular flexibility index (Phi) is 9.59. The van der Waals surface area contributed by atoms with Crippen molar-refractivity contribution in [1.29, 1.82) is 0 Å². The molecule has 0 fully saturated rings. The highest BCUT2D eigenvalue weighted by Gasteiger charge is 2.33. The smallest absolute Gasteiger partial charge is 0.147 e. The molecule has 5 heteroatoms. The molecule has 0 saturated heterocycles. The third-order valence-corrected chi connectivity index (χ3v) is 7.64. The Morgan fingerprint density at radius 2 is 1.92 bits per heavy atom. The molecule has 0 radical (unpaired) electrons. The summed E-state index contributed by atoms with van der Waals surface area (Å²) in [4.78, 5) is 0. The highest BCUT2D eigenvalue weighted by atomic mass is 19.1. The quantitative estimate of drug-likeness (QED) is 0.213. The summed E-state index contributed by atoms with van der Waals surface area (Å²) in [5, 5.41) is 5.55. The molecule has 4 rings (SSSR count). The first-order chi connectivity index (χ1) is 17.9. The van der Waals surface area contributed by atoms with Crippen molar-refractivity contribution in [2.24, 2.45) is 23.6 Å². The summed E-state index contributed by atoms with van der Waals surface area (Å²) < 4.78 is 14.1. The van der Waals surface area contributed by atoms with Crippen LogP contribution in [0.4, 0.5) is 10.1 Å². The van der Waals surface area contributed by atoms with Gasteiger partial charge in [0.1, 0.15) is 5.82 Å². The predicted molar refractivity (Wildman–Crippen MR) is 153 cm³/mol. The van der Waals surface area contributed by atoms with Gasteiger partial charge in [0, 0.05) is 18.2 Å². The molecular formula is C32H43FN4. The van der Waals surface area contributed by atoms with E-state index in [4.69, 9.17) is 5.84 Å². The molecule has 0 heterocycles. The number of para-hydroxylation sites is 1. The minimum Gasteiger partial charge on any atom is -0.381 e. The fourth-order valence-electron chi connectivity index (χ4n) is 5.92. The Hall–Kier alpha value is -2.89. The van der Waals surface area contributed by atoms with Gasteiger partial charge in [-0.25, -0.2) is 4.39 Å². The van der Waals surface area contributed by atoms with E-state index in [1.165, 1.54) is 47.3 Å². The van der Waals surface area contributed by atoms with E-state index in [-0.39, 0.29) is 5.82 Å². The van der Waals surface area contributed by atoms with E-state index < -0.39 is 0 Å². The average molecular weight is 503 g/mol. The van der Waals surface area contributed by atoms with Crippen LogP contribution in [0.25, 0.3) is 0 Å². The zero-order chi connectivity index (χ0) is 26.2. The van der Waals surface area contributed by atoms with Crippen molar-refractivity contribution >= 4 is 5.69 Å². The van der Waals surface area contributed by atoms with Crippen LogP contribution in [-0.2, 0) is 6.42 Å². The average Bonchev–Trinajstić information content (AvgIpc) is 3.20. The van der Waals surface area contributed by atoms with Crippen molar-refractivity contribution in [3.63, 3.8) is 0 Å². The number of hydrogen-bond donors (Lipinski definition) is 3. The normalized spacial score (nSPS) is 21.2. The minimum atomic E-state index is -0.305. The number of rotatable bonds is 12. The molecule has 37 heavy (non-hydrogen) atoms. The molecule has 2 aliphatic carbocycles. The molecule has 2 aromatic carbocycles. The van der Waals surface area contributed by atoms with E-state index >= 15 is 0 Å². The van der Waals surface area contributed by atoms with Crippen LogP contribution in [0, 0.1) is 23.6 Å². The van der Waals surface area contributed by atoms with Gasteiger partial charge in [-0.1, -0.05) is 87.0 Å². The monoisotopic (exact) mass is 502 g/mol. The van der Waals surface area contributed by atoms with Crippen LogP contribution >= 0.6 is 0 Å². The topological polar surface area (TPSA) is 53.3 Å². The number of hydrazine groups is 2. The Morgan fingerprint density at radius 3 is 2.68 bits per heavy atom. The number of allylic oxidation sites excluding steroid dienone is 4. The largest absolute Gasteiger partial charge is 0.381 e. The van der Waals surface area contributed by atoms with Gasteiger partial charge >= 0.3 is 0 Å². The molecule has 0 saturated carbocycles. The number of hydrogen-bond acceptors (Lipinski definition) is 4. The molecule has 0 bridgehead atoms. The third-order valence-electron chi connectivity index (χ3n) is 7.64. The lowest BCUT2D eigenvalue weighted by atomic mass is 9.86. The zero-order valence-corrected chi connectivity index (χ0v) is 22.6. The van der Waals surface area contributed by atoms with Gasteiger partial charge in [0.25, 0.3) is 0 Å². The van der Waals surface area contributed by atoms with Gasteiger partial charge < -0.3 is 10.7 Å². The van der Waals surface area contributed by atoms with E-state index in [2.05, 4.69) is 80.1 Å². The second-order valence-corrected chi connectivity index (χ2v) is 10.8. The predicted octanol–water partition coefficient (Wildman–Crippen LogP) is 7.15. The molecule has 0 amide bonds. The highest BCUT2D eigenvalue weighted by molar-refractivity contribution is 5.43. The number of benzene rings is 2. The maximum atomic E-state index is 14.1. The SMILES string of the molecule is CC/C=C(\NC1C2=C(CCC=C2)CC1C)C(Cc1ccccc1)CC(C)CN(N)Nc1ccccc1F. The number of halogens is 1. The molecule has 4 atom stereocenters. The maximum Gasteiger partial charge on any atom is 0.147 e. The second kappa shape index (κ2) is 13.1. The first-order valence-electron chi connectivity index (χ1n) is 13.9. The van der Waals surface area contributed by atoms with Crippen LogP contribution in [0.2, 0.25) is 0 Å². The standard InChI is InChI=1S/C32H43FN4/c1-4-12-30(35-32-24(3)20-26-15-8-9-16-28(26)32)27(21-25-13-6-5-7-14-25)19-23(2)22-37(34)36-31-18-11-10-17-29(31)33/h5-7,9-14,16-18,23-24,27,32,35-36H,4,8,15,19-22,34H2,1-3H3/b30-12-. The summed E-state index contributed by atoms with van der Waals surface area (Å²) in [7, 11) is 0. The summed E-state index contributed by atoms with van der Waals surface area (Å²) in [6, 6.07) is 17.8. The Balaban J connectivity index is 1.49. The molecule has 4 nitrogen and oxygen atoms in total. The van der Waals surface area contributed by atoms with Gasteiger partial charge in [0.15, 0.2) is 0 Å². The van der Waals surface area contributed by atoms with E-state index in [9.17, 15) is 4.39 Å². The minimum absolute atomic E-state index is 0.297. The first kappa shape index (κ1) is 27.2. The van der Waals surface area contributed by atoms with E-state index in [1.54, 1.807) is 23.8 Å². The Labute approximate surface area is 222 Å². The van der Waals surface area contributed by atoms with Crippen LogP contribution in [0.5, 0.6) is 0 Å². The summed E-state index contributed by atoms with van der Waals surface area (Å²) in [6.45, 7) is 7.43. The van der Waals surface area contributed by atoms with E-state index in [1.807, 2.05) is 0 Å². The van der Waals surface area contributed by atoms with E-state index in [0.717, 1.165) is 19.3 Å². The number of anilines is 1. The molecule has 0 aromatic heterocycles. The molecular weight excluding hydrogens is 459 g/mol. The lowest BCUT2D eigenvalue weighted by molar-refractivity contribution is 0.262. The number of nitrogens with zero attached hydrogens (tertiary/aromatic N) is 1. The van der Waals surface area contributed by atoms with Gasteiger partial charge in [-0.15, -0.1) is 0 Å². The fraction of sp³-hybridized carbons (Fsp3) is 0.438.